The molecule has 0 heterocycles. The first-order valence-electron chi connectivity index (χ1n) is 9.27. The van der Waals surface area contributed by atoms with Gasteiger partial charge in [-0.1, -0.05) is 13.8 Å². The zero-order valence-corrected chi connectivity index (χ0v) is 20.1. The number of phosphoric acid groups is 1. The van der Waals surface area contributed by atoms with E-state index in [-0.39, 0.29) is 27.7 Å². The van der Waals surface area contributed by atoms with Crippen LogP contribution in [0.2, 0.25) is 0 Å². The summed E-state index contributed by atoms with van der Waals surface area (Å²) in [5.41, 5.74) is 10.3. The van der Waals surface area contributed by atoms with Gasteiger partial charge in [0.2, 0.25) is 0 Å². The molecule has 0 aromatic heterocycles. The van der Waals surface area contributed by atoms with Crippen LogP contribution in [0.1, 0.15) is 52.4 Å². The third kappa shape index (κ3) is 36.9. The third-order valence-corrected chi connectivity index (χ3v) is 3.32. The van der Waals surface area contributed by atoms with E-state index in [1.807, 2.05) is 0 Å². The van der Waals surface area contributed by atoms with E-state index in [1.165, 1.54) is 0 Å². The molecule has 0 bridgehead atoms. The van der Waals surface area contributed by atoms with E-state index in [0.29, 0.717) is 6.42 Å². The molecule has 0 fully saturated rings. The van der Waals surface area contributed by atoms with Crippen LogP contribution in [0.4, 0.5) is 0 Å². The monoisotopic (exact) mass is 610 g/mol. The van der Waals surface area contributed by atoms with Crippen molar-refractivity contribution in [3.8, 4) is 0 Å². The number of carboxylic acid groups (broad SMARTS) is 1. The van der Waals surface area contributed by atoms with Gasteiger partial charge in [-0.05, 0) is 71.2 Å². The molecule has 0 aromatic carbocycles. The number of hydrogen-bond donors (Lipinski definition) is 5. The molecule has 0 rings (SSSR count). The number of unbranched alkanes of at least 4 members (excludes halogenated alkanes) is 1. The minimum atomic E-state index is -4.89. The van der Waals surface area contributed by atoms with Crippen LogP contribution in [0.25, 0.3) is 0 Å². The van der Waals surface area contributed by atoms with Crippen LogP contribution < -0.4 is 21.5 Å². The van der Waals surface area contributed by atoms with Crippen molar-refractivity contribution in [3.63, 3.8) is 0 Å². The molecule has 12 heteroatoms. The van der Waals surface area contributed by atoms with E-state index in [1.54, 1.807) is 0 Å². The molecule has 28 heavy (non-hydrogen) atoms. The van der Waals surface area contributed by atoms with Crippen LogP contribution in [0.15, 0.2) is 0 Å². The van der Waals surface area contributed by atoms with Gasteiger partial charge in [0.15, 0.2) is 0 Å². The zero-order chi connectivity index (χ0) is 21.7. The number of carbonyl (C=O) groups excluding carboxylic acids is 1. The molecule has 0 saturated heterocycles. The number of hydrogen-bond acceptors (Lipinski definition) is 8. The molecule has 10 nitrogen and oxygen atoms in total. The topological polar surface area (TPSA) is 196 Å². The second-order valence-corrected chi connectivity index (χ2v) is 6.94. The third-order valence-electron chi connectivity index (χ3n) is 3.32. The standard InChI is InChI=1S/C12H25NO3.C4H12N2.H3O4P.Pt/c1-3-7-13(8-4-2)9-5-6-11(10-14)12(15)16;5-3-1-2-4-6;1-5(2,3)4;/h11,14H,3-10H2,1-2H3,(H,15,16);1-6H2;(H3,1,2,3,4);/q;;;+2/p-2. The smallest absolute Gasteiger partial charge is 0.756 e. The van der Waals surface area contributed by atoms with Crippen molar-refractivity contribution in [3.05, 3.63) is 0 Å². The maximum Gasteiger partial charge on any atom is 2.00 e. The molecule has 0 aliphatic carbocycles. The molecule has 0 aromatic rings. The molecule has 0 spiro atoms. The number of nitrogens with zero attached hydrogens (tertiary/aromatic N) is 1. The predicted octanol–water partition coefficient (Wildman–Crippen LogP) is -1.63. The fourth-order valence-electron chi connectivity index (χ4n) is 2.10. The summed E-state index contributed by atoms with van der Waals surface area (Å²) in [7, 11) is -4.89. The molecule has 174 valence electrons. The fourth-order valence-corrected chi connectivity index (χ4v) is 2.10. The van der Waals surface area contributed by atoms with E-state index in [2.05, 4.69) is 18.7 Å². The van der Waals surface area contributed by atoms with E-state index < -0.39 is 19.7 Å². The van der Waals surface area contributed by atoms with Crippen molar-refractivity contribution in [2.75, 3.05) is 39.3 Å². The predicted molar refractivity (Wildman–Crippen MR) is 101 cm³/mol. The van der Waals surface area contributed by atoms with Crippen LogP contribution in [-0.4, -0.2) is 65.1 Å². The maximum absolute atomic E-state index is 10.6. The fraction of sp³-hybridized carbons (Fsp3) is 0.938. The molecule has 0 aliphatic heterocycles. The van der Waals surface area contributed by atoms with Gasteiger partial charge in [0.1, 0.15) is 0 Å². The Hall–Kier alpha value is 0.108. The Balaban J connectivity index is -0.000000198. The average molecular weight is 611 g/mol. The summed E-state index contributed by atoms with van der Waals surface area (Å²) < 4.78 is 8.77. The Morgan fingerprint density at radius 1 is 1.04 bits per heavy atom. The SMILES string of the molecule is CCCN(CCC)CCCC(CO)C(=O)[O-].NCCCCN.O=P([O-])(O)O.[Pt+2]. The van der Waals surface area contributed by atoms with Crippen molar-refractivity contribution in [1.82, 2.24) is 4.90 Å². The van der Waals surface area contributed by atoms with Crippen molar-refractivity contribution < 1.29 is 55.3 Å². The second-order valence-electron chi connectivity index (χ2n) is 5.96. The summed E-state index contributed by atoms with van der Waals surface area (Å²) in [6.07, 6.45) is 5.67. The number of carboxylic acids is 1. The van der Waals surface area contributed by atoms with Gasteiger partial charge in [0.05, 0.1) is 6.61 Å². The molecule has 0 saturated carbocycles. The van der Waals surface area contributed by atoms with Crippen molar-refractivity contribution >= 4 is 13.8 Å². The van der Waals surface area contributed by atoms with Gasteiger partial charge in [-0.2, -0.15) is 0 Å². The Morgan fingerprint density at radius 3 is 1.68 bits per heavy atom. The Kier molecular flexibility index (Phi) is 31.9. The number of rotatable bonds is 13. The molecule has 1 unspecified atom stereocenters. The van der Waals surface area contributed by atoms with Crippen LogP contribution >= 0.6 is 7.82 Å². The molecular weight excluding hydrogens is 572 g/mol. The summed E-state index contributed by atoms with van der Waals surface area (Å²) in [5.74, 6) is -1.84. The number of aliphatic carboxylic acids is 1. The number of aliphatic hydroxyl groups excluding tert-OH is 1. The minimum absolute atomic E-state index is 0. The van der Waals surface area contributed by atoms with Crippen LogP contribution in [0.3, 0.4) is 0 Å². The zero-order valence-electron chi connectivity index (χ0n) is 16.9. The Bertz CT molecular complexity index is 358. The van der Waals surface area contributed by atoms with Gasteiger partial charge in [-0.3, -0.25) is 4.57 Å². The largest absolute Gasteiger partial charge is 2.00 e. The maximum atomic E-state index is 10.6. The molecule has 0 radical (unpaired) electrons. The minimum Gasteiger partial charge on any atom is -0.756 e. The summed E-state index contributed by atoms with van der Waals surface area (Å²) >= 11 is 0. The molecule has 0 aliphatic rings. The van der Waals surface area contributed by atoms with Gasteiger partial charge in [0, 0.05) is 11.9 Å². The van der Waals surface area contributed by atoms with Crippen LogP contribution in [0.5, 0.6) is 0 Å². The number of aliphatic hydroxyl groups is 1. The Labute approximate surface area is 183 Å². The normalized spacial score (nSPS) is 11.5. The molecule has 0 amide bonds. The number of carbonyl (C=O) groups is 1. The van der Waals surface area contributed by atoms with Crippen molar-refractivity contribution in [2.45, 2.75) is 52.4 Å². The van der Waals surface area contributed by atoms with Crippen LogP contribution in [0, 0.1) is 5.92 Å². The number of nitrogens with two attached hydrogens (primary N) is 2. The van der Waals surface area contributed by atoms with Crippen molar-refractivity contribution in [1.29, 1.82) is 0 Å². The average Bonchev–Trinajstić information content (AvgIpc) is 2.56. The van der Waals surface area contributed by atoms with Crippen molar-refractivity contribution in [2.24, 2.45) is 17.4 Å². The first-order chi connectivity index (χ1) is 12.6. The summed E-state index contributed by atoms with van der Waals surface area (Å²) in [6.45, 7) is 8.54. The van der Waals surface area contributed by atoms with E-state index >= 15 is 0 Å². The van der Waals surface area contributed by atoms with Gasteiger partial charge in [-0.15, -0.1) is 0 Å². The Morgan fingerprint density at radius 2 is 1.43 bits per heavy atom. The first kappa shape index (κ1) is 35.5. The second kappa shape index (κ2) is 25.1. The van der Waals surface area contributed by atoms with E-state index in [4.69, 9.17) is 35.8 Å². The van der Waals surface area contributed by atoms with E-state index in [9.17, 15) is 9.90 Å². The molecule has 7 N–H and O–H groups in total. The summed E-state index contributed by atoms with van der Waals surface area (Å²) in [5, 5.41) is 19.4. The van der Waals surface area contributed by atoms with E-state index in [0.717, 1.165) is 64.8 Å². The molecular formula is C16H38N3O7PPt. The van der Waals surface area contributed by atoms with Gasteiger partial charge in [0.25, 0.3) is 7.82 Å². The quantitative estimate of drug-likeness (QED) is 0.119. The van der Waals surface area contributed by atoms with Gasteiger partial charge in [-0.25, -0.2) is 0 Å². The van der Waals surface area contributed by atoms with Crippen LogP contribution in [-0.2, 0) is 30.4 Å². The molecule has 1 atom stereocenters. The van der Waals surface area contributed by atoms with Gasteiger partial charge < -0.3 is 46.1 Å². The summed E-state index contributed by atoms with van der Waals surface area (Å²) in [6, 6.07) is 0. The summed E-state index contributed by atoms with van der Waals surface area (Å²) in [4.78, 5) is 35.8. The first-order valence-corrected chi connectivity index (χ1v) is 10.8. The van der Waals surface area contributed by atoms with Gasteiger partial charge >= 0.3 is 21.1 Å².